The van der Waals surface area contributed by atoms with Crippen molar-refractivity contribution in [2.24, 2.45) is 11.8 Å². The first-order valence-corrected chi connectivity index (χ1v) is 7.10. The summed E-state index contributed by atoms with van der Waals surface area (Å²) in [6.45, 7) is 6.09. The van der Waals surface area contributed by atoms with Crippen molar-refractivity contribution < 1.29 is 14.6 Å². The van der Waals surface area contributed by atoms with Crippen molar-refractivity contribution in [1.29, 1.82) is 0 Å². The van der Waals surface area contributed by atoms with Crippen molar-refractivity contribution in [3.05, 3.63) is 0 Å². The van der Waals surface area contributed by atoms with Crippen LogP contribution >= 0.6 is 0 Å². The van der Waals surface area contributed by atoms with E-state index in [4.69, 9.17) is 4.74 Å². The number of rotatable bonds is 7. The quantitative estimate of drug-likeness (QED) is 0.683. The van der Waals surface area contributed by atoms with E-state index in [1.54, 1.807) is 0 Å². The molecule has 1 amide bonds. The maximum atomic E-state index is 11.6. The minimum absolute atomic E-state index is 0.0545. The van der Waals surface area contributed by atoms with Gasteiger partial charge in [-0.1, -0.05) is 20.3 Å². The lowest BCUT2D eigenvalue weighted by molar-refractivity contribution is -0.122. The van der Waals surface area contributed by atoms with E-state index in [1.165, 1.54) is 0 Å². The normalized spacial score (nSPS) is 24.2. The maximum Gasteiger partial charge on any atom is 0.222 e. The average Bonchev–Trinajstić information content (AvgIpc) is 2.32. The van der Waals surface area contributed by atoms with Gasteiger partial charge in [-0.15, -0.1) is 0 Å². The fraction of sp³-hybridized carbons (Fsp3) is 0.929. The molecule has 0 bridgehead atoms. The van der Waals surface area contributed by atoms with Gasteiger partial charge in [0, 0.05) is 19.6 Å². The SMILES string of the molecule is CC(C)COCCC(=O)NCC1CCCC(O)C1. The van der Waals surface area contributed by atoms with E-state index in [0.29, 0.717) is 38.0 Å². The van der Waals surface area contributed by atoms with Crippen molar-refractivity contribution >= 4 is 5.91 Å². The molecule has 0 spiro atoms. The summed E-state index contributed by atoms with van der Waals surface area (Å²) in [7, 11) is 0. The Morgan fingerprint density at radius 2 is 2.22 bits per heavy atom. The predicted molar refractivity (Wildman–Crippen MR) is 71.2 cm³/mol. The summed E-state index contributed by atoms with van der Waals surface area (Å²) in [5.74, 6) is 1.00. The summed E-state index contributed by atoms with van der Waals surface area (Å²) >= 11 is 0. The van der Waals surface area contributed by atoms with Crippen LogP contribution in [0.5, 0.6) is 0 Å². The molecule has 4 heteroatoms. The van der Waals surface area contributed by atoms with Crippen LogP contribution in [0.15, 0.2) is 0 Å². The molecule has 18 heavy (non-hydrogen) atoms. The van der Waals surface area contributed by atoms with Gasteiger partial charge in [-0.25, -0.2) is 0 Å². The molecular weight excluding hydrogens is 230 g/mol. The molecule has 2 unspecified atom stereocenters. The van der Waals surface area contributed by atoms with Gasteiger partial charge in [-0.3, -0.25) is 4.79 Å². The monoisotopic (exact) mass is 257 g/mol. The standard InChI is InChI=1S/C14H27NO3/c1-11(2)10-18-7-6-14(17)15-9-12-4-3-5-13(16)8-12/h11-13,16H,3-10H2,1-2H3,(H,15,17). The van der Waals surface area contributed by atoms with E-state index in [-0.39, 0.29) is 12.0 Å². The van der Waals surface area contributed by atoms with Crippen molar-refractivity contribution in [3.8, 4) is 0 Å². The molecule has 1 aliphatic carbocycles. The van der Waals surface area contributed by atoms with E-state index in [2.05, 4.69) is 19.2 Å². The highest BCUT2D eigenvalue weighted by molar-refractivity contribution is 5.75. The van der Waals surface area contributed by atoms with Gasteiger partial charge in [0.25, 0.3) is 0 Å². The number of hydrogen-bond acceptors (Lipinski definition) is 3. The molecule has 2 atom stereocenters. The molecule has 0 aromatic carbocycles. The second-order valence-electron chi connectivity index (χ2n) is 5.71. The Morgan fingerprint density at radius 1 is 1.44 bits per heavy atom. The zero-order chi connectivity index (χ0) is 13.4. The van der Waals surface area contributed by atoms with E-state index >= 15 is 0 Å². The first kappa shape index (κ1) is 15.4. The number of hydrogen-bond donors (Lipinski definition) is 2. The Kier molecular flexibility index (Phi) is 7.28. The molecule has 1 fully saturated rings. The molecule has 1 aliphatic rings. The van der Waals surface area contributed by atoms with Crippen LogP contribution in [0.3, 0.4) is 0 Å². The Hall–Kier alpha value is -0.610. The van der Waals surface area contributed by atoms with Crippen molar-refractivity contribution in [2.75, 3.05) is 19.8 Å². The highest BCUT2D eigenvalue weighted by Crippen LogP contribution is 2.23. The largest absolute Gasteiger partial charge is 0.393 e. The molecule has 0 aliphatic heterocycles. The molecule has 1 saturated carbocycles. The fourth-order valence-electron chi connectivity index (χ4n) is 2.28. The van der Waals surface area contributed by atoms with Crippen molar-refractivity contribution in [2.45, 2.75) is 52.1 Å². The Labute approximate surface area is 110 Å². The van der Waals surface area contributed by atoms with Crippen LogP contribution in [0.25, 0.3) is 0 Å². The molecule has 0 aromatic rings. The summed E-state index contributed by atoms with van der Waals surface area (Å²) in [5, 5.41) is 12.5. The third-order valence-corrected chi connectivity index (χ3v) is 3.27. The number of amides is 1. The van der Waals surface area contributed by atoms with Gasteiger partial charge < -0.3 is 15.2 Å². The van der Waals surface area contributed by atoms with Gasteiger partial charge in [0.05, 0.1) is 12.7 Å². The lowest BCUT2D eigenvalue weighted by atomic mass is 9.87. The molecule has 4 nitrogen and oxygen atoms in total. The highest BCUT2D eigenvalue weighted by atomic mass is 16.5. The second kappa shape index (κ2) is 8.48. The lowest BCUT2D eigenvalue weighted by Gasteiger charge is -2.25. The predicted octanol–water partition coefficient (Wildman–Crippen LogP) is 1.72. The number of aliphatic hydroxyl groups is 1. The van der Waals surface area contributed by atoms with Crippen LogP contribution in [0.2, 0.25) is 0 Å². The van der Waals surface area contributed by atoms with Gasteiger partial charge in [-0.05, 0) is 31.1 Å². The van der Waals surface area contributed by atoms with Gasteiger partial charge in [0.1, 0.15) is 0 Å². The third kappa shape index (κ3) is 6.97. The van der Waals surface area contributed by atoms with E-state index in [1.807, 2.05) is 0 Å². The van der Waals surface area contributed by atoms with Crippen LogP contribution in [-0.4, -0.2) is 36.9 Å². The maximum absolute atomic E-state index is 11.6. The third-order valence-electron chi connectivity index (χ3n) is 3.27. The summed E-state index contributed by atoms with van der Waals surface area (Å²) < 4.78 is 5.37. The molecule has 0 saturated heterocycles. The number of carbonyl (C=O) groups excluding carboxylic acids is 1. The van der Waals surface area contributed by atoms with Crippen LogP contribution in [0.4, 0.5) is 0 Å². The second-order valence-corrected chi connectivity index (χ2v) is 5.71. The number of ether oxygens (including phenoxy) is 1. The summed E-state index contributed by atoms with van der Waals surface area (Å²) in [6, 6.07) is 0. The summed E-state index contributed by atoms with van der Waals surface area (Å²) in [4.78, 5) is 11.6. The highest BCUT2D eigenvalue weighted by Gasteiger charge is 2.20. The Balaban J connectivity index is 2.02. The molecular formula is C14H27NO3. The minimum Gasteiger partial charge on any atom is -0.393 e. The van der Waals surface area contributed by atoms with Gasteiger partial charge >= 0.3 is 0 Å². The molecule has 0 aromatic heterocycles. The van der Waals surface area contributed by atoms with Crippen LogP contribution in [0, 0.1) is 11.8 Å². The number of nitrogens with one attached hydrogen (secondary N) is 1. The minimum atomic E-state index is -0.171. The van der Waals surface area contributed by atoms with E-state index in [9.17, 15) is 9.90 Å². The molecule has 2 N–H and O–H groups in total. The lowest BCUT2D eigenvalue weighted by Crippen LogP contribution is -2.33. The molecule has 0 radical (unpaired) electrons. The van der Waals surface area contributed by atoms with E-state index in [0.717, 1.165) is 25.7 Å². The number of aliphatic hydroxyl groups excluding tert-OH is 1. The molecule has 0 heterocycles. The summed E-state index contributed by atoms with van der Waals surface area (Å²) in [6.07, 6.45) is 4.18. The fourth-order valence-corrected chi connectivity index (χ4v) is 2.28. The first-order chi connectivity index (χ1) is 8.58. The van der Waals surface area contributed by atoms with Crippen molar-refractivity contribution in [1.82, 2.24) is 5.32 Å². The van der Waals surface area contributed by atoms with Crippen LogP contribution in [-0.2, 0) is 9.53 Å². The molecule has 1 rings (SSSR count). The van der Waals surface area contributed by atoms with Gasteiger partial charge in [-0.2, -0.15) is 0 Å². The number of carbonyl (C=O) groups is 1. The zero-order valence-corrected chi connectivity index (χ0v) is 11.7. The zero-order valence-electron chi connectivity index (χ0n) is 11.7. The van der Waals surface area contributed by atoms with E-state index < -0.39 is 0 Å². The average molecular weight is 257 g/mol. The van der Waals surface area contributed by atoms with Crippen LogP contribution in [0.1, 0.15) is 46.0 Å². The summed E-state index contributed by atoms with van der Waals surface area (Å²) in [5.41, 5.74) is 0. The van der Waals surface area contributed by atoms with Gasteiger partial charge in [0.2, 0.25) is 5.91 Å². The topological polar surface area (TPSA) is 58.6 Å². The first-order valence-electron chi connectivity index (χ1n) is 7.10. The Morgan fingerprint density at radius 3 is 2.89 bits per heavy atom. The van der Waals surface area contributed by atoms with Crippen molar-refractivity contribution in [3.63, 3.8) is 0 Å². The molecule has 106 valence electrons. The Bertz CT molecular complexity index is 243. The smallest absolute Gasteiger partial charge is 0.222 e. The van der Waals surface area contributed by atoms with Crippen LogP contribution < -0.4 is 5.32 Å². The van der Waals surface area contributed by atoms with Gasteiger partial charge in [0.15, 0.2) is 0 Å².